The number of sulfone groups is 1. The van der Waals surface area contributed by atoms with Crippen LogP contribution in [0, 0.1) is 0 Å². The van der Waals surface area contributed by atoms with Crippen molar-refractivity contribution in [3.05, 3.63) is 0 Å². The van der Waals surface area contributed by atoms with Crippen LogP contribution in [0.5, 0.6) is 0 Å². The lowest BCUT2D eigenvalue weighted by Gasteiger charge is -2.23. The van der Waals surface area contributed by atoms with Gasteiger partial charge in [-0.3, -0.25) is 0 Å². The van der Waals surface area contributed by atoms with Crippen LogP contribution in [0.3, 0.4) is 0 Å². The molecule has 0 aromatic carbocycles. The molecule has 0 saturated heterocycles. The molecule has 0 aromatic heterocycles. The largest absolute Gasteiger partial charge is 0.330 e. The van der Waals surface area contributed by atoms with Gasteiger partial charge < -0.3 is 4.48 Å². The Morgan fingerprint density at radius 3 is 2.00 bits per heavy atom. The summed E-state index contributed by atoms with van der Waals surface area (Å²) < 4.78 is 23.6. The Morgan fingerprint density at radius 1 is 1.08 bits per heavy atom. The molecule has 0 N–H and O–H groups in total. The van der Waals surface area contributed by atoms with Gasteiger partial charge in [-0.05, 0) is 6.42 Å². The van der Waals surface area contributed by atoms with Crippen molar-refractivity contribution in [2.24, 2.45) is 0 Å². The molecule has 0 fully saturated rings. The molecule has 0 amide bonds. The smallest absolute Gasteiger partial charge is 0.155 e. The molecule has 0 radical (unpaired) electrons. The highest BCUT2D eigenvalue weighted by atomic mass is 32.2. The van der Waals surface area contributed by atoms with E-state index in [1.165, 1.54) is 0 Å². The predicted octanol–water partition coefficient (Wildman–Crippen LogP) is 0.907. The van der Waals surface area contributed by atoms with Gasteiger partial charge in [0.05, 0.1) is 39.2 Å². The first-order valence-electron chi connectivity index (χ1n) is 4.78. The fraction of sp³-hybridized carbons (Fsp3) is 1.00. The summed E-state index contributed by atoms with van der Waals surface area (Å²) in [6, 6.07) is 0. The molecule has 13 heavy (non-hydrogen) atoms. The zero-order valence-electron chi connectivity index (χ0n) is 9.21. The molecule has 0 saturated carbocycles. The summed E-state index contributed by atoms with van der Waals surface area (Å²) in [4.78, 5) is 0. The highest BCUT2D eigenvalue weighted by Gasteiger charge is 2.15. The molecule has 80 valence electrons. The van der Waals surface area contributed by atoms with Crippen LogP contribution in [0.25, 0.3) is 0 Å². The van der Waals surface area contributed by atoms with Gasteiger partial charge in [-0.1, -0.05) is 13.3 Å². The summed E-state index contributed by atoms with van der Waals surface area (Å²) in [5, 5.41) is 0. The van der Waals surface area contributed by atoms with Crippen molar-refractivity contribution < 1.29 is 12.9 Å². The van der Waals surface area contributed by atoms with E-state index in [2.05, 4.69) is 0 Å². The SMILES string of the molecule is CCCCS(=O)(=O)CC[N+](C)(C)C. The van der Waals surface area contributed by atoms with Crippen LogP contribution in [0.2, 0.25) is 0 Å². The van der Waals surface area contributed by atoms with Crippen molar-refractivity contribution in [1.29, 1.82) is 0 Å². The van der Waals surface area contributed by atoms with Crippen molar-refractivity contribution in [2.45, 2.75) is 19.8 Å². The van der Waals surface area contributed by atoms with E-state index in [1.807, 2.05) is 28.1 Å². The zero-order valence-corrected chi connectivity index (χ0v) is 10.0. The lowest BCUT2D eigenvalue weighted by Crippen LogP contribution is -2.39. The minimum atomic E-state index is -2.79. The van der Waals surface area contributed by atoms with Crippen LogP contribution in [0.4, 0.5) is 0 Å². The van der Waals surface area contributed by atoms with Crippen molar-refractivity contribution in [2.75, 3.05) is 39.2 Å². The average Bonchev–Trinajstić information content (AvgIpc) is 1.97. The molecule has 0 spiro atoms. The van der Waals surface area contributed by atoms with Crippen LogP contribution in [0.15, 0.2) is 0 Å². The van der Waals surface area contributed by atoms with E-state index < -0.39 is 9.84 Å². The summed E-state index contributed by atoms with van der Waals surface area (Å²) in [5.41, 5.74) is 0. The molecule has 0 aliphatic carbocycles. The monoisotopic (exact) mass is 208 g/mol. The maximum absolute atomic E-state index is 11.4. The van der Waals surface area contributed by atoms with Gasteiger partial charge in [0.15, 0.2) is 9.84 Å². The first-order chi connectivity index (χ1) is 5.77. The van der Waals surface area contributed by atoms with E-state index in [9.17, 15) is 8.42 Å². The molecular weight excluding hydrogens is 186 g/mol. The number of nitrogens with zero attached hydrogens (tertiary/aromatic N) is 1. The predicted molar refractivity (Wildman–Crippen MR) is 56.5 cm³/mol. The number of hydrogen-bond donors (Lipinski definition) is 0. The van der Waals surface area contributed by atoms with Crippen LogP contribution >= 0.6 is 0 Å². The number of rotatable bonds is 6. The van der Waals surface area contributed by atoms with Crippen molar-refractivity contribution in [3.63, 3.8) is 0 Å². The third kappa shape index (κ3) is 8.25. The van der Waals surface area contributed by atoms with Crippen molar-refractivity contribution in [3.8, 4) is 0 Å². The fourth-order valence-electron chi connectivity index (χ4n) is 0.879. The molecule has 0 bridgehead atoms. The molecule has 4 heteroatoms. The zero-order chi connectivity index (χ0) is 10.5. The Labute approximate surface area is 82.3 Å². The third-order valence-corrected chi connectivity index (χ3v) is 3.60. The van der Waals surface area contributed by atoms with Crippen molar-refractivity contribution in [1.82, 2.24) is 0 Å². The second-order valence-electron chi connectivity index (χ2n) is 4.52. The summed E-state index contributed by atoms with van der Waals surface area (Å²) in [6.07, 6.45) is 1.74. The summed E-state index contributed by atoms with van der Waals surface area (Å²) in [5.74, 6) is 0.667. The van der Waals surface area contributed by atoms with Gasteiger partial charge in [-0.15, -0.1) is 0 Å². The van der Waals surface area contributed by atoms with Crippen molar-refractivity contribution >= 4 is 9.84 Å². The summed E-state index contributed by atoms with van der Waals surface area (Å²) in [6.45, 7) is 2.71. The van der Waals surface area contributed by atoms with Crippen LogP contribution < -0.4 is 0 Å². The van der Waals surface area contributed by atoms with E-state index in [4.69, 9.17) is 0 Å². The molecule has 0 aliphatic rings. The van der Waals surface area contributed by atoms with Crippen LogP contribution in [-0.4, -0.2) is 52.1 Å². The van der Waals surface area contributed by atoms with Gasteiger partial charge >= 0.3 is 0 Å². The molecule has 0 aromatic rings. The normalized spacial score (nSPS) is 13.2. The Kier molecular flexibility index (Phi) is 4.92. The molecule has 0 rings (SSSR count). The van der Waals surface area contributed by atoms with E-state index in [1.54, 1.807) is 0 Å². The fourth-order valence-corrected chi connectivity index (χ4v) is 2.64. The second kappa shape index (κ2) is 4.96. The van der Waals surface area contributed by atoms with E-state index in [0.29, 0.717) is 22.5 Å². The average molecular weight is 208 g/mol. The topological polar surface area (TPSA) is 34.1 Å². The molecule has 0 unspecified atom stereocenters. The van der Waals surface area contributed by atoms with Gasteiger partial charge in [-0.25, -0.2) is 8.42 Å². The van der Waals surface area contributed by atoms with Crippen LogP contribution in [0.1, 0.15) is 19.8 Å². The van der Waals surface area contributed by atoms with Gasteiger partial charge in [0.2, 0.25) is 0 Å². The molecule has 3 nitrogen and oxygen atoms in total. The molecule has 0 heterocycles. The minimum absolute atomic E-state index is 0.316. The maximum atomic E-state index is 11.4. The highest BCUT2D eigenvalue weighted by molar-refractivity contribution is 7.91. The Morgan fingerprint density at radius 2 is 1.62 bits per heavy atom. The standard InChI is InChI=1S/C9H22NO2S/c1-5-6-8-13(11,12)9-7-10(2,3)4/h5-9H2,1-4H3/q+1. The van der Waals surface area contributed by atoms with Gasteiger partial charge in [-0.2, -0.15) is 0 Å². The second-order valence-corrected chi connectivity index (χ2v) is 6.82. The molecule has 0 atom stereocenters. The third-order valence-electron chi connectivity index (χ3n) is 1.88. The maximum Gasteiger partial charge on any atom is 0.155 e. The van der Waals surface area contributed by atoms with E-state index in [0.717, 1.165) is 12.8 Å². The Hall–Kier alpha value is -0.0900. The van der Waals surface area contributed by atoms with Gasteiger partial charge in [0, 0.05) is 0 Å². The number of quaternary nitrogens is 1. The lowest BCUT2D eigenvalue weighted by molar-refractivity contribution is -0.867. The van der Waals surface area contributed by atoms with E-state index in [-0.39, 0.29) is 0 Å². The lowest BCUT2D eigenvalue weighted by atomic mass is 10.4. The summed E-state index contributed by atoms with van der Waals surface area (Å²) in [7, 11) is 3.24. The Balaban J connectivity index is 3.91. The van der Waals surface area contributed by atoms with Gasteiger partial charge in [0.25, 0.3) is 0 Å². The van der Waals surface area contributed by atoms with Gasteiger partial charge in [0.1, 0.15) is 0 Å². The van der Waals surface area contributed by atoms with Crippen LogP contribution in [-0.2, 0) is 9.84 Å². The molecular formula is C9H22NO2S+. The Bertz CT molecular complexity index is 226. The minimum Gasteiger partial charge on any atom is -0.330 e. The highest BCUT2D eigenvalue weighted by Crippen LogP contribution is 1.99. The number of unbranched alkanes of at least 4 members (excludes halogenated alkanes) is 1. The molecule has 0 aliphatic heterocycles. The summed E-state index contributed by atoms with van der Waals surface area (Å²) >= 11 is 0. The van der Waals surface area contributed by atoms with E-state index >= 15 is 0 Å². The quantitative estimate of drug-likeness (QED) is 0.608. The first kappa shape index (κ1) is 12.9. The number of hydrogen-bond acceptors (Lipinski definition) is 2. The first-order valence-corrected chi connectivity index (χ1v) is 6.60.